The van der Waals surface area contributed by atoms with Gasteiger partial charge in [0, 0.05) is 20.0 Å². The van der Waals surface area contributed by atoms with Gasteiger partial charge in [0.15, 0.2) is 5.69 Å². The van der Waals surface area contributed by atoms with Crippen molar-refractivity contribution in [2.75, 3.05) is 5.32 Å². The number of nitrogens with zero attached hydrogens (tertiary/aromatic N) is 5. The summed E-state index contributed by atoms with van der Waals surface area (Å²) in [7, 11) is 1.45. The van der Waals surface area contributed by atoms with E-state index < -0.39 is 16.8 Å². The molecule has 116 valence electrons. The van der Waals surface area contributed by atoms with Crippen LogP contribution in [0.15, 0.2) is 18.6 Å². The summed E-state index contributed by atoms with van der Waals surface area (Å²) in [5, 5.41) is 29.5. The number of carbonyl (C=O) groups excluding carboxylic acids is 1. The fourth-order valence-corrected chi connectivity index (χ4v) is 1.78. The number of nitro groups is 1. The molecule has 11 heteroatoms. The molecule has 22 heavy (non-hydrogen) atoms. The van der Waals surface area contributed by atoms with Crippen LogP contribution in [-0.4, -0.2) is 41.5 Å². The molecule has 0 unspecified atom stereocenters. The van der Waals surface area contributed by atoms with Crippen LogP contribution >= 0.6 is 0 Å². The zero-order valence-corrected chi connectivity index (χ0v) is 11.5. The third-order valence-electron chi connectivity index (χ3n) is 2.81. The van der Waals surface area contributed by atoms with E-state index in [-0.39, 0.29) is 30.0 Å². The quantitative estimate of drug-likeness (QED) is 0.574. The number of aryl methyl sites for hydroxylation is 2. The molecule has 0 aliphatic carbocycles. The molecule has 0 saturated carbocycles. The van der Waals surface area contributed by atoms with E-state index in [1.165, 1.54) is 24.1 Å². The van der Waals surface area contributed by atoms with Crippen LogP contribution in [0.1, 0.15) is 16.9 Å². The Hall–Kier alpha value is -3.24. The number of rotatable bonds is 6. The van der Waals surface area contributed by atoms with Gasteiger partial charge in [0.1, 0.15) is 12.4 Å². The number of amides is 1. The molecule has 0 aliphatic heterocycles. The predicted octanol–water partition coefficient (Wildman–Crippen LogP) is 0.252. The molecule has 0 bridgehead atoms. The van der Waals surface area contributed by atoms with Crippen LogP contribution in [0.4, 0.5) is 11.4 Å². The Balaban J connectivity index is 1.96. The zero-order chi connectivity index (χ0) is 16.3. The van der Waals surface area contributed by atoms with Gasteiger partial charge in [-0.15, -0.1) is 0 Å². The van der Waals surface area contributed by atoms with E-state index in [2.05, 4.69) is 15.5 Å². The normalized spacial score (nSPS) is 10.4. The van der Waals surface area contributed by atoms with Crippen LogP contribution in [0.5, 0.6) is 0 Å². The van der Waals surface area contributed by atoms with Crippen molar-refractivity contribution in [1.82, 2.24) is 19.6 Å². The van der Waals surface area contributed by atoms with E-state index in [1.54, 1.807) is 0 Å². The topological polar surface area (TPSA) is 145 Å². The fraction of sp³-hybridized carbons (Fsp3) is 0.273. The number of hydrogen-bond donors (Lipinski definition) is 2. The van der Waals surface area contributed by atoms with Gasteiger partial charge in [-0.3, -0.25) is 24.3 Å². The smallest absolute Gasteiger partial charge is 0.356 e. The van der Waals surface area contributed by atoms with Crippen LogP contribution in [0.3, 0.4) is 0 Å². The summed E-state index contributed by atoms with van der Waals surface area (Å²) in [5.41, 5.74) is -0.213. The Morgan fingerprint density at radius 3 is 2.73 bits per heavy atom. The monoisotopic (exact) mass is 308 g/mol. The van der Waals surface area contributed by atoms with Gasteiger partial charge >= 0.3 is 11.7 Å². The number of aromatic carboxylic acids is 1. The Bertz CT molecular complexity index is 733. The molecule has 0 aliphatic rings. The van der Waals surface area contributed by atoms with Crippen molar-refractivity contribution in [3.05, 3.63) is 34.4 Å². The van der Waals surface area contributed by atoms with E-state index in [4.69, 9.17) is 5.11 Å². The molecule has 2 aromatic heterocycles. The van der Waals surface area contributed by atoms with Gasteiger partial charge in [-0.1, -0.05) is 0 Å². The maximum Gasteiger partial charge on any atom is 0.356 e. The summed E-state index contributed by atoms with van der Waals surface area (Å²) in [6.07, 6.45) is 3.51. The molecule has 2 N–H and O–H groups in total. The number of carboxylic acid groups (broad SMARTS) is 1. The molecule has 0 aromatic carbocycles. The van der Waals surface area contributed by atoms with E-state index in [9.17, 15) is 19.7 Å². The predicted molar refractivity (Wildman–Crippen MR) is 72.3 cm³/mol. The molecule has 2 rings (SSSR count). The maximum atomic E-state index is 11.8. The van der Waals surface area contributed by atoms with Crippen molar-refractivity contribution in [3.63, 3.8) is 0 Å². The molecular formula is C11H12N6O5. The Morgan fingerprint density at radius 1 is 1.41 bits per heavy atom. The van der Waals surface area contributed by atoms with Gasteiger partial charge in [0.05, 0.1) is 16.8 Å². The molecule has 0 saturated heterocycles. The first kappa shape index (κ1) is 15.2. The van der Waals surface area contributed by atoms with Crippen LogP contribution in [0, 0.1) is 10.1 Å². The number of carbonyl (C=O) groups is 2. The van der Waals surface area contributed by atoms with E-state index >= 15 is 0 Å². The highest BCUT2D eigenvalue weighted by Crippen LogP contribution is 2.14. The van der Waals surface area contributed by atoms with Gasteiger partial charge < -0.3 is 10.4 Å². The Morgan fingerprint density at radius 2 is 2.14 bits per heavy atom. The van der Waals surface area contributed by atoms with E-state index in [0.29, 0.717) is 0 Å². The first-order valence-electron chi connectivity index (χ1n) is 6.10. The molecule has 0 fully saturated rings. The summed E-state index contributed by atoms with van der Waals surface area (Å²) in [5.74, 6) is -1.66. The van der Waals surface area contributed by atoms with Crippen LogP contribution in [0.2, 0.25) is 0 Å². The summed E-state index contributed by atoms with van der Waals surface area (Å²) in [6.45, 7) is 0.127. The minimum atomic E-state index is -1.21. The van der Waals surface area contributed by atoms with Gasteiger partial charge in [0.25, 0.3) is 0 Å². The second-order valence-electron chi connectivity index (χ2n) is 4.35. The number of aromatic nitrogens is 4. The van der Waals surface area contributed by atoms with Crippen molar-refractivity contribution in [2.24, 2.45) is 7.05 Å². The lowest BCUT2D eigenvalue weighted by atomic mass is 10.3. The SMILES string of the molecule is Cn1ncc(NC(=O)CCn2cc([N+](=O)[O-])cn2)c1C(=O)O. The minimum absolute atomic E-state index is 0.0210. The van der Waals surface area contributed by atoms with Gasteiger partial charge in [-0.05, 0) is 0 Å². The zero-order valence-electron chi connectivity index (χ0n) is 11.5. The average molecular weight is 308 g/mol. The second kappa shape index (κ2) is 6.03. The minimum Gasteiger partial charge on any atom is -0.476 e. The summed E-state index contributed by atoms with van der Waals surface area (Å²) in [4.78, 5) is 32.8. The third kappa shape index (κ3) is 3.26. The summed E-state index contributed by atoms with van der Waals surface area (Å²) in [6, 6.07) is 0. The van der Waals surface area contributed by atoms with Crippen LogP contribution < -0.4 is 5.32 Å². The molecule has 2 aromatic rings. The van der Waals surface area contributed by atoms with Gasteiger partial charge in [-0.25, -0.2) is 4.79 Å². The lowest BCUT2D eigenvalue weighted by Gasteiger charge is -2.04. The number of carboxylic acids is 1. The Kier molecular flexibility index (Phi) is 4.15. The standard InChI is InChI=1S/C11H12N6O5/c1-15-10(11(19)20)8(5-12-15)14-9(18)2-3-16-6-7(4-13-16)17(21)22/h4-6H,2-3H2,1H3,(H,14,18)(H,19,20). The molecule has 0 radical (unpaired) electrons. The lowest BCUT2D eigenvalue weighted by Crippen LogP contribution is -2.17. The van der Waals surface area contributed by atoms with Crippen molar-refractivity contribution in [2.45, 2.75) is 13.0 Å². The second-order valence-corrected chi connectivity index (χ2v) is 4.35. The molecular weight excluding hydrogens is 296 g/mol. The van der Waals surface area contributed by atoms with Crippen molar-refractivity contribution in [1.29, 1.82) is 0 Å². The maximum absolute atomic E-state index is 11.8. The van der Waals surface area contributed by atoms with Gasteiger partial charge in [-0.2, -0.15) is 10.2 Å². The molecule has 2 heterocycles. The molecule has 0 spiro atoms. The third-order valence-corrected chi connectivity index (χ3v) is 2.81. The highest BCUT2D eigenvalue weighted by atomic mass is 16.6. The number of hydrogen-bond acceptors (Lipinski definition) is 6. The molecule has 1 amide bonds. The fourth-order valence-electron chi connectivity index (χ4n) is 1.78. The van der Waals surface area contributed by atoms with Crippen molar-refractivity contribution >= 4 is 23.3 Å². The van der Waals surface area contributed by atoms with Crippen molar-refractivity contribution in [3.8, 4) is 0 Å². The van der Waals surface area contributed by atoms with Crippen molar-refractivity contribution < 1.29 is 19.6 Å². The Labute approximate surface area is 123 Å². The highest BCUT2D eigenvalue weighted by molar-refractivity contribution is 5.99. The summed E-state index contributed by atoms with van der Waals surface area (Å²) >= 11 is 0. The number of nitrogens with one attached hydrogen (secondary N) is 1. The lowest BCUT2D eigenvalue weighted by molar-refractivity contribution is -0.385. The summed E-state index contributed by atoms with van der Waals surface area (Å²) < 4.78 is 2.40. The number of anilines is 1. The average Bonchev–Trinajstić information content (AvgIpc) is 3.03. The first-order chi connectivity index (χ1) is 10.4. The molecule has 11 nitrogen and oxygen atoms in total. The largest absolute Gasteiger partial charge is 0.476 e. The van der Waals surface area contributed by atoms with E-state index in [1.807, 2.05) is 0 Å². The van der Waals surface area contributed by atoms with E-state index in [0.717, 1.165) is 10.9 Å². The van der Waals surface area contributed by atoms with Crippen LogP contribution in [0.25, 0.3) is 0 Å². The van der Waals surface area contributed by atoms with Crippen LogP contribution in [-0.2, 0) is 18.4 Å². The highest BCUT2D eigenvalue weighted by Gasteiger charge is 2.17. The van der Waals surface area contributed by atoms with Gasteiger partial charge in [0.2, 0.25) is 5.91 Å². The first-order valence-corrected chi connectivity index (χ1v) is 6.10. The molecule has 0 atom stereocenters.